The van der Waals surface area contributed by atoms with Crippen LogP contribution >= 0.6 is 23.4 Å². The molecule has 1 N–H and O–H groups in total. The average Bonchev–Trinajstić information content (AvgIpc) is 3.01. The number of amides is 2. The Morgan fingerprint density at radius 3 is 2.75 bits per heavy atom. The average molecular weight is 472 g/mol. The quantitative estimate of drug-likeness (QED) is 0.441. The second-order valence-corrected chi connectivity index (χ2v) is 7.93. The van der Waals surface area contributed by atoms with Crippen LogP contribution in [0.1, 0.15) is 28.4 Å². The van der Waals surface area contributed by atoms with Gasteiger partial charge in [0, 0.05) is 0 Å². The highest BCUT2D eigenvalue weighted by Gasteiger charge is 2.34. The zero-order chi connectivity index (χ0) is 23.3. The molecule has 7 nitrogen and oxygen atoms in total. The van der Waals surface area contributed by atoms with Crippen molar-refractivity contribution in [1.82, 2.24) is 4.90 Å². The molecule has 0 aromatic heterocycles. The number of hydrogen-bond acceptors (Lipinski definition) is 6. The predicted octanol–water partition coefficient (Wildman–Crippen LogP) is 4.69. The lowest BCUT2D eigenvalue weighted by atomic mass is 10.1. The van der Waals surface area contributed by atoms with Crippen molar-refractivity contribution in [2.45, 2.75) is 13.5 Å². The molecule has 1 heterocycles. The van der Waals surface area contributed by atoms with Gasteiger partial charge in [0.05, 0.1) is 28.6 Å². The Labute approximate surface area is 193 Å². The first-order valence-electron chi connectivity index (χ1n) is 9.44. The lowest BCUT2D eigenvalue weighted by Crippen LogP contribution is -2.28. The van der Waals surface area contributed by atoms with E-state index in [-0.39, 0.29) is 34.4 Å². The third-order valence-electron chi connectivity index (χ3n) is 4.31. The second-order valence-electron chi connectivity index (χ2n) is 6.53. The lowest BCUT2D eigenvalue weighted by Gasteiger charge is -2.15. The summed E-state index contributed by atoms with van der Waals surface area (Å²) in [6.45, 7) is 2.11. The van der Waals surface area contributed by atoms with Crippen molar-refractivity contribution in [3.05, 3.63) is 63.0 Å². The van der Waals surface area contributed by atoms with E-state index in [1.54, 1.807) is 31.2 Å². The summed E-state index contributed by atoms with van der Waals surface area (Å²) in [5.74, 6) is 1.42. The number of carboxylic acids is 1. The van der Waals surface area contributed by atoms with Gasteiger partial charge in [-0.25, -0.2) is 4.79 Å². The molecule has 0 atom stereocenters. The number of rotatable bonds is 8. The first-order chi connectivity index (χ1) is 15.3. The van der Waals surface area contributed by atoms with E-state index in [0.717, 1.165) is 16.7 Å². The molecule has 1 fully saturated rings. The molecule has 9 heteroatoms. The minimum Gasteiger partial charge on any atom is -0.490 e. The summed E-state index contributed by atoms with van der Waals surface area (Å²) in [6, 6.07) is 9.60. The molecular weight excluding hydrogens is 454 g/mol. The van der Waals surface area contributed by atoms with Gasteiger partial charge in [-0.05, 0) is 60.2 Å². The summed E-state index contributed by atoms with van der Waals surface area (Å²) in [4.78, 5) is 36.7. The molecule has 1 aliphatic heterocycles. The fourth-order valence-electron chi connectivity index (χ4n) is 2.90. The van der Waals surface area contributed by atoms with Crippen molar-refractivity contribution < 1.29 is 29.0 Å². The van der Waals surface area contributed by atoms with Crippen LogP contribution in [-0.2, 0) is 11.4 Å². The number of imide groups is 1. The van der Waals surface area contributed by atoms with Crippen molar-refractivity contribution in [2.24, 2.45) is 0 Å². The number of halogens is 1. The molecule has 0 saturated carbocycles. The number of ether oxygens (including phenoxy) is 2. The maximum atomic E-state index is 12.4. The molecule has 0 bridgehead atoms. The number of aromatic carboxylic acids is 1. The normalized spacial score (nSPS) is 14.5. The Kier molecular flexibility index (Phi) is 7.46. The molecule has 1 aliphatic rings. The largest absolute Gasteiger partial charge is 0.490 e. The summed E-state index contributed by atoms with van der Waals surface area (Å²) in [7, 11) is 0. The topological polar surface area (TPSA) is 93.1 Å². The van der Waals surface area contributed by atoms with Crippen LogP contribution in [0, 0.1) is 12.3 Å². The van der Waals surface area contributed by atoms with Crippen LogP contribution in [0.15, 0.2) is 41.3 Å². The van der Waals surface area contributed by atoms with Crippen molar-refractivity contribution in [1.29, 1.82) is 0 Å². The van der Waals surface area contributed by atoms with Gasteiger partial charge in [0.15, 0.2) is 11.5 Å². The molecule has 2 aromatic rings. The molecular formula is C23H18ClNO6S. The van der Waals surface area contributed by atoms with Gasteiger partial charge >= 0.3 is 5.97 Å². The van der Waals surface area contributed by atoms with E-state index in [9.17, 15) is 14.4 Å². The van der Waals surface area contributed by atoms with E-state index in [1.807, 2.05) is 0 Å². The van der Waals surface area contributed by atoms with E-state index in [2.05, 4.69) is 5.92 Å². The molecule has 0 radical (unpaired) electrons. The van der Waals surface area contributed by atoms with Crippen LogP contribution in [0.2, 0.25) is 5.02 Å². The van der Waals surface area contributed by atoms with Gasteiger partial charge in [-0.2, -0.15) is 0 Å². The molecule has 2 amide bonds. The molecule has 3 rings (SSSR count). The minimum absolute atomic E-state index is 0.0746. The highest BCUT2D eigenvalue weighted by Crippen LogP contribution is 2.39. The summed E-state index contributed by atoms with van der Waals surface area (Å²) >= 11 is 7.22. The van der Waals surface area contributed by atoms with Gasteiger partial charge in [-0.1, -0.05) is 29.7 Å². The number of nitrogens with zero attached hydrogens (tertiary/aromatic N) is 1. The third-order valence-corrected chi connectivity index (χ3v) is 5.50. The Morgan fingerprint density at radius 1 is 1.28 bits per heavy atom. The van der Waals surface area contributed by atoms with Gasteiger partial charge in [0.1, 0.15) is 6.61 Å². The van der Waals surface area contributed by atoms with Crippen LogP contribution in [-0.4, -0.2) is 40.3 Å². The van der Waals surface area contributed by atoms with Crippen LogP contribution in [0.3, 0.4) is 0 Å². The maximum absolute atomic E-state index is 12.4. The zero-order valence-corrected chi connectivity index (χ0v) is 18.5. The monoisotopic (exact) mass is 471 g/mol. The SMILES string of the molecule is C#CCN1C(=O)S/C(=C\c2cc(Cl)c(OCc3cccc(C(=O)O)c3)c(OCC)c2)C1=O. The molecule has 0 spiro atoms. The number of carbonyl (C=O) groups excluding carboxylic acids is 2. The van der Waals surface area contributed by atoms with Gasteiger partial charge < -0.3 is 14.6 Å². The van der Waals surface area contributed by atoms with E-state index in [0.29, 0.717) is 23.5 Å². The molecule has 1 saturated heterocycles. The van der Waals surface area contributed by atoms with E-state index >= 15 is 0 Å². The van der Waals surface area contributed by atoms with Gasteiger partial charge in [-0.15, -0.1) is 6.42 Å². The number of carboxylic acid groups (broad SMARTS) is 1. The Bertz CT molecular complexity index is 1150. The van der Waals surface area contributed by atoms with Crippen molar-refractivity contribution in [2.75, 3.05) is 13.2 Å². The van der Waals surface area contributed by atoms with E-state index in [4.69, 9.17) is 32.6 Å². The Morgan fingerprint density at radius 2 is 2.06 bits per heavy atom. The lowest BCUT2D eigenvalue weighted by molar-refractivity contribution is -0.122. The highest BCUT2D eigenvalue weighted by molar-refractivity contribution is 8.18. The maximum Gasteiger partial charge on any atom is 0.335 e. The van der Waals surface area contributed by atoms with Gasteiger partial charge in [0.2, 0.25) is 0 Å². The van der Waals surface area contributed by atoms with Crippen LogP contribution < -0.4 is 9.47 Å². The van der Waals surface area contributed by atoms with E-state index < -0.39 is 17.1 Å². The zero-order valence-electron chi connectivity index (χ0n) is 17.0. The summed E-state index contributed by atoms with van der Waals surface area (Å²) < 4.78 is 11.5. The van der Waals surface area contributed by atoms with Crippen LogP contribution in [0.5, 0.6) is 11.5 Å². The van der Waals surface area contributed by atoms with Crippen LogP contribution in [0.25, 0.3) is 6.08 Å². The highest BCUT2D eigenvalue weighted by atomic mass is 35.5. The Hall–Kier alpha value is -3.41. The fourth-order valence-corrected chi connectivity index (χ4v) is 4.01. The summed E-state index contributed by atoms with van der Waals surface area (Å²) in [5, 5.41) is 8.94. The first kappa shape index (κ1) is 23.3. The van der Waals surface area contributed by atoms with Crippen LogP contribution in [0.4, 0.5) is 4.79 Å². The third kappa shape index (κ3) is 5.25. The number of carbonyl (C=O) groups is 3. The molecule has 32 heavy (non-hydrogen) atoms. The predicted molar refractivity (Wildman–Crippen MR) is 122 cm³/mol. The van der Waals surface area contributed by atoms with Gasteiger partial charge in [0.25, 0.3) is 11.1 Å². The summed E-state index contributed by atoms with van der Waals surface area (Å²) in [6.07, 6.45) is 6.75. The standard InChI is InChI=1S/C23H18ClNO6S/c1-3-8-25-21(26)19(32-23(25)29)12-15-10-17(24)20(18(11-15)30-4-2)31-13-14-6-5-7-16(9-14)22(27)28/h1,5-7,9-12H,4,8,13H2,2H3,(H,27,28)/b19-12-. The van der Waals surface area contributed by atoms with Crippen molar-refractivity contribution in [3.63, 3.8) is 0 Å². The fraction of sp³-hybridized carbons (Fsp3) is 0.174. The molecule has 164 valence electrons. The number of hydrogen-bond donors (Lipinski definition) is 1. The number of benzene rings is 2. The first-order valence-corrected chi connectivity index (χ1v) is 10.6. The second kappa shape index (κ2) is 10.3. The molecule has 0 unspecified atom stereocenters. The minimum atomic E-state index is -1.03. The number of thioether (sulfide) groups is 1. The van der Waals surface area contributed by atoms with E-state index in [1.165, 1.54) is 18.2 Å². The van der Waals surface area contributed by atoms with Crippen molar-refractivity contribution in [3.8, 4) is 23.8 Å². The summed E-state index contributed by atoms with van der Waals surface area (Å²) in [5.41, 5.74) is 1.34. The smallest absolute Gasteiger partial charge is 0.335 e. The Balaban J connectivity index is 1.86. The van der Waals surface area contributed by atoms with Gasteiger partial charge in [-0.3, -0.25) is 14.5 Å². The van der Waals surface area contributed by atoms with Crippen molar-refractivity contribution >= 4 is 46.6 Å². The number of terminal acetylenes is 1. The molecule has 0 aliphatic carbocycles. The molecule has 2 aromatic carbocycles.